The number of hydrogen-bond acceptors (Lipinski definition) is 6. The molecule has 0 aromatic carbocycles. The molecule has 1 fully saturated rings. The van der Waals surface area contributed by atoms with Crippen LogP contribution < -0.4 is 10.6 Å². The number of nitrogen functional groups attached to an aromatic ring is 1. The van der Waals surface area contributed by atoms with Crippen molar-refractivity contribution in [3.63, 3.8) is 0 Å². The van der Waals surface area contributed by atoms with Gasteiger partial charge in [0.25, 0.3) is 0 Å². The Bertz CT molecular complexity index is 389. The fourth-order valence-corrected chi connectivity index (χ4v) is 1.56. The number of nitrogens with two attached hydrogens (primary N) is 1. The number of rotatable bonds is 3. The van der Waals surface area contributed by atoms with Crippen LogP contribution in [-0.2, 0) is 11.3 Å². The van der Waals surface area contributed by atoms with Crippen LogP contribution in [0.2, 0.25) is 0 Å². The molecule has 7 heteroatoms. The van der Waals surface area contributed by atoms with Crippen molar-refractivity contribution in [1.82, 2.24) is 14.8 Å². The molecule has 0 aliphatic carbocycles. The van der Waals surface area contributed by atoms with E-state index in [0.717, 1.165) is 13.1 Å². The first-order valence-electron chi connectivity index (χ1n) is 5.21. The maximum atomic E-state index is 8.49. The summed E-state index contributed by atoms with van der Waals surface area (Å²) in [6.07, 6.45) is 0.385. The highest BCUT2D eigenvalue weighted by molar-refractivity contribution is 5.35. The smallest absolute Gasteiger partial charge is 0.246 e. The lowest BCUT2D eigenvalue weighted by molar-refractivity contribution is 0.122. The Morgan fingerprint density at radius 1 is 1.44 bits per heavy atom. The normalized spacial score (nSPS) is 16.1. The van der Waals surface area contributed by atoms with Crippen LogP contribution in [0.1, 0.15) is 6.42 Å². The fraction of sp³-hybridized carbons (Fsp3) is 0.667. The number of aryl methyl sites for hydroxylation is 1. The SMILES string of the molecule is N#CCCn1nc(N2CCOCC2)nc1N. The number of morpholine rings is 1. The van der Waals surface area contributed by atoms with Gasteiger partial charge < -0.3 is 15.4 Å². The number of anilines is 2. The third-order valence-electron chi connectivity index (χ3n) is 2.42. The van der Waals surface area contributed by atoms with Crippen molar-refractivity contribution in [3.05, 3.63) is 0 Å². The molecule has 1 aromatic rings. The molecule has 1 aliphatic heterocycles. The van der Waals surface area contributed by atoms with Crippen LogP contribution >= 0.6 is 0 Å². The van der Waals surface area contributed by atoms with E-state index in [1.54, 1.807) is 4.68 Å². The second-order valence-corrected chi connectivity index (χ2v) is 3.50. The van der Waals surface area contributed by atoms with Gasteiger partial charge in [0.15, 0.2) is 0 Å². The standard InChI is InChI=1S/C9H14N6O/c10-2-1-3-15-8(11)12-9(13-15)14-4-6-16-7-5-14/h1,3-7H2,(H2,11,12,13). The van der Waals surface area contributed by atoms with Gasteiger partial charge in [0.05, 0.1) is 32.2 Å². The first kappa shape index (κ1) is 10.7. The number of nitrogens with zero attached hydrogens (tertiary/aromatic N) is 5. The van der Waals surface area contributed by atoms with E-state index in [1.807, 2.05) is 4.90 Å². The zero-order chi connectivity index (χ0) is 11.4. The van der Waals surface area contributed by atoms with Crippen molar-refractivity contribution in [3.8, 4) is 6.07 Å². The molecule has 0 unspecified atom stereocenters. The van der Waals surface area contributed by atoms with E-state index in [4.69, 9.17) is 15.7 Å². The van der Waals surface area contributed by atoms with Crippen molar-refractivity contribution in [2.45, 2.75) is 13.0 Å². The molecule has 16 heavy (non-hydrogen) atoms. The molecule has 2 rings (SSSR count). The van der Waals surface area contributed by atoms with Gasteiger partial charge in [-0.15, -0.1) is 5.10 Å². The van der Waals surface area contributed by atoms with E-state index >= 15 is 0 Å². The second kappa shape index (κ2) is 4.81. The summed E-state index contributed by atoms with van der Waals surface area (Å²) in [5, 5.41) is 12.8. The highest BCUT2D eigenvalue weighted by Crippen LogP contribution is 2.12. The van der Waals surface area contributed by atoms with Crippen molar-refractivity contribution in [2.24, 2.45) is 0 Å². The molecule has 0 radical (unpaired) electrons. The third-order valence-corrected chi connectivity index (χ3v) is 2.42. The molecular formula is C9H14N6O. The van der Waals surface area contributed by atoms with Crippen LogP contribution in [0.3, 0.4) is 0 Å². The molecule has 0 saturated carbocycles. The molecule has 86 valence electrons. The molecule has 1 saturated heterocycles. The van der Waals surface area contributed by atoms with Crippen LogP contribution in [0.25, 0.3) is 0 Å². The van der Waals surface area contributed by atoms with Gasteiger partial charge in [-0.25, -0.2) is 4.68 Å². The topological polar surface area (TPSA) is 93.0 Å². The molecule has 0 spiro atoms. The minimum Gasteiger partial charge on any atom is -0.378 e. The summed E-state index contributed by atoms with van der Waals surface area (Å²) in [5.41, 5.74) is 5.71. The maximum absolute atomic E-state index is 8.49. The highest BCUT2D eigenvalue weighted by Gasteiger charge is 2.16. The number of ether oxygens (including phenoxy) is 1. The van der Waals surface area contributed by atoms with Crippen LogP contribution in [0, 0.1) is 11.3 Å². The van der Waals surface area contributed by atoms with Crippen molar-refractivity contribution < 1.29 is 4.74 Å². The van der Waals surface area contributed by atoms with Gasteiger partial charge in [-0.1, -0.05) is 0 Å². The monoisotopic (exact) mass is 222 g/mol. The van der Waals surface area contributed by atoms with Gasteiger partial charge in [0, 0.05) is 13.1 Å². The average molecular weight is 222 g/mol. The molecule has 7 nitrogen and oxygen atoms in total. The largest absolute Gasteiger partial charge is 0.378 e. The lowest BCUT2D eigenvalue weighted by Crippen LogP contribution is -2.37. The first-order valence-corrected chi connectivity index (χ1v) is 5.21. The summed E-state index contributed by atoms with van der Waals surface area (Å²) < 4.78 is 6.81. The van der Waals surface area contributed by atoms with Crippen LogP contribution in [0.5, 0.6) is 0 Å². The molecule has 2 N–H and O–H groups in total. The Morgan fingerprint density at radius 2 is 2.19 bits per heavy atom. The number of aromatic nitrogens is 3. The van der Waals surface area contributed by atoms with Gasteiger partial charge in [0.1, 0.15) is 0 Å². The molecule has 0 amide bonds. The number of hydrogen-bond donors (Lipinski definition) is 1. The van der Waals surface area contributed by atoms with E-state index in [2.05, 4.69) is 16.2 Å². The third kappa shape index (κ3) is 2.23. The Morgan fingerprint density at radius 3 is 2.88 bits per heavy atom. The minimum absolute atomic E-state index is 0.358. The van der Waals surface area contributed by atoms with Gasteiger partial charge in [-0.05, 0) is 0 Å². The first-order chi connectivity index (χ1) is 7.81. The molecule has 2 heterocycles. The van der Waals surface area contributed by atoms with Crippen molar-refractivity contribution in [1.29, 1.82) is 5.26 Å². The lowest BCUT2D eigenvalue weighted by Gasteiger charge is -2.25. The van der Waals surface area contributed by atoms with Gasteiger partial charge in [-0.3, -0.25) is 0 Å². The molecule has 1 aromatic heterocycles. The predicted octanol–water partition coefficient (Wildman–Crippen LogP) is -0.389. The molecular weight excluding hydrogens is 208 g/mol. The lowest BCUT2D eigenvalue weighted by atomic mass is 10.4. The quantitative estimate of drug-likeness (QED) is 0.748. The molecule has 0 atom stereocenters. The Labute approximate surface area is 93.4 Å². The van der Waals surface area contributed by atoms with E-state index in [1.165, 1.54) is 0 Å². The van der Waals surface area contributed by atoms with Gasteiger partial charge in [-0.2, -0.15) is 10.2 Å². The van der Waals surface area contributed by atoms with E-state index in [-0.39, 0.29) is 0 Å². The van der Waals surface area contributed by atoms with Crippen molar-refractivity contribution in [2.75, 3.05) is 36.9 Å². The summed E-state index contributed by atoms with van der Waals surface area (Å²) in [5.74, 6) is 0.982. The Hall–Kier alpha value is -1.81. The van der Waals surface area contributed by atoms with Crippen LogP contribution in [-0.4, -0.2) is 41.1 Å². The summed E-state index contributed by atoms with van der Waals surface area (Å²) in [6, 6.07) is 2.05. The van der Waals surface area contributed by atoms with E-state index < -0.39 is 0 Å². The Balaban J connectivity index is 2.07. The zero-order valence-electron chi connectivity index (χ0n) is 8.96. The van der Waals surface area contributed by atoms with Crippen LogP contribution in [0.15, 0.2) is 0 Å². The average Bonchev–Trinajstić information content (AvgIpc) is 2.69. The Kier molecular flexibility index (Phi) is 3.22. The zero-order valence-corrected chi connectivity index (χ0v) is 8.96. The molecule has 1 aliphatic rings. The summed E-state index contributed by atoms with van der Waals surface area (Å²) >= 11 is 0. The minimum atomic E-state index is 0.358. The second-order valence-electron chi connectivity index (χ2n) is 3.50. The summed E-state index contributed by atoms with van der Waals surface area (Å²) in [6.45, 7) is 3.42. The van der Waals surface area contributed by atoms with Crippen LogP contribution in [0.4, 0.5) is 11.9 Å². The number of nitriles is 1. The van der Waals surface area contributed by atoms with Gasteiger partial charge in [0.2, 0.25) is 11.9 Å². The van der Waals surface area contributed by atoms with Crippen molar-refractivity contribution >= 4 is 11.9 Å². The highest BCUT2D eigenvalue weighted by atomic mass is 16.5. The summed E-state index contributed by atoms with van der Waals surface area (Å²) in [7, 11) is 0. The fourth-order valence-electron chi connectivity index (χ4n) is 1.56. The molecule has 0 bridgehead atoms. The maximum Gasteiger partial charge on any atom is 0.246 e. The van der Waals surface area contributed by atoms with E-state index in [0.29, 0.717) is 38.1 Å². The predicted molar refractivity (Wildman–Crippen MR) is 57.7 cm³/mol. The van der Waals surface area contributed by atoms with Gasteiger partial charge >= 0.3 is 0 Å². The van der Waals surface area contributed by atoms with E-state index in [9.17, 15) is 0 Å². The summed E-state index contributed by atoms with van der Waals surface area (Å²) in [4.78, 5) is 6.21.